The molecule has 2 saturated heterocycles. The molecule has 8 heteroatoms. The number of piperidine rings is 1. The fourth-order valence-electron chi connectivity index (χ4n) is 4.37. The van der Waals surface area contributed by atoms with E-state index in [9.17, 15) is 0 Å². The van der Waals surface area contributed by atoms with E-state index in [0.717, 1.165) is 51.0 Å². The van der Waals surface area contributed by atoms with Gasteiger partial charge in [0.2, 0.25) is 5.95 Å². The molecule has 166 valence electrons. The Kier molecular flexibility index (Phi) is 7.19. The molecule has 2 atom stereocenters. The normalized spacial score (nSPS) is 21.6. The van der Waals surface area contributed by atoms with Gasteiger partial charge in [0.15, 0.2) is 5.11 Å². The van der Waals surface area contributed by atoms with Gasteiger partial charge in [0, 0.05) is 38.8 Å². The average molecular weight is 441 g/mol. The van der Waals surface area contributed by atoms with Crippen molar-refractivity contribution in [2.24, 2.45) is 11.8 Å². The number of nitrogens with one attached hydrogen (secondary N) is 2. The van der Waals surface area contributed by atoms with Gasteiger partial charge in [-0.3, -0.25) is 0 Å². The summed E-state index contributed by atoms with van der Waals surface area (Å²) in [5.41, 5.74) is 1.17. The number of thiocarbonyl (C=S) groups is 1. The molecule has 1 aromatic carbocycles. The summed E-state index contributed by atoms with van der Waals surface area (Å²) in [5, 5.41) is 6.98. The second-order valence-corrected chi connectivity index (χ2v) is 9.06. The molecule has 0 saturated carbocycles. The molecular formula is C23H32N6OS. The number of rotatable bonds is 5. The van der Waals surface area contributed by atoms with E-state index in [0.29, 0.717) is 29.4 Å². The topological polar surface area (TPSA) is 65.6 Å². The summed E-state index contributed by atoms with van der Waals surface area (Å²) in [6, 6.07) is 12.3. The van der Waals surface area contributed by atoms with Gasteiger partial charge in [-0.15, -0.1) is 0 Å². The van der Waals surface area contributed by atoms with E-state index in [1.165, 1.54) is 12.0 Å². The van der Waals surface area contributed by atoms with Crippen LogP contribution in [-0.2, 0) is 11.3 Å². The van der Waals surface area contributed by atoms with Crippen LogP contribution in [0, 0.1) is 11.8 Å². The monoisotopic (exact) mass is 440 g/mol. The van der Waals surface area contributed by atoms with Crippen molar-refractivity contribution in [1.82, 2.24) is 15.3 Å². The van der Waals surface area contributed by atoms with Crippen molar-refractivity contribution in [3.05, 3.63) is 42.0 Å². The number of morpholine rings is 1. The van der Waals surface area contributed by atoms with Crippen LogP contribution < -0.4 is 20.4 Å². The van der Waals surface area contributed by atoms with Gasteiger partial charge in [0.25, 0.3) is 0 Å². The first-order valence-corrected chi connectivity index (χ1v) is 11.5. The van der Waals surface area contributed by atoms with Gasteiger partial charge >= 0.3 is 0 Å². The fourth-order valence-corrected chi connectivity index (χ4v) is 4.53. The molecule has 7 nitrogen and oxygen atoms in total. The molecule has 0 unspecified atom stereocenters. The molecule has 31 heavy (non-hydrogen) atoms. The first-order chi connectivity index (χ1) is 15.1. The second kappa shape index (κ2) is 10.2. The number of anilines is 3. The Hall–Kier alpha value is -2.45. The quantitative estimate of drug-likeness (QED) is 0.687. The van der Waals surface area contributed by atoms with E-state index >= 15 is 0 Å². The van der Waals surface area contributed by atoms with Crippen LogP contribution in [0.2, 0.25) is 0 Å². The lowest BCUT2D eigenvalue weighted by atomic mass is 9.92. The lowest BCUT2D eigenvalue weighted by Gasteiger charge is -2.36. The molecule has 0 spiro atoms. The van der Waals surface area contributed by atoms with Crippen molar-refractivity contribution in [2.75, 3.05) is 54.5 Å². The van der Waals surface area contributed by atoms with E-state index in [-0.39, 0.29) is 0 Å². The van der Waals surface area contributed by atoms with Crippen LogP contribution in [0.1, 0.15) is 25.8 Å². The predicted molar refractivity (Wildman–Crippen MR) is 130 cm³/mol. The minimum absolute atomic E-state index is 0.523. The van der Waals surface area contributed by atoms with Gasteiger partial charge < -0.3 is 25.2 Å². The highest BCUT2D eigenvalue weighted by Crippen LogP contribution is 2.28. The zero-order valence-corrected chi connectivity index (χ0v) is 19.2. The van der Waals surface area contributed by atoms with Crippen molar-refractivity contribution in [1.29, 1.82) is 0 Å². The number of aromatic nitrogens is 2. The van der Waals surface area contributed by atoms with Gasteiger partial charge in [-0.1, -0.05) is 44.2 Å². The van der Waals surface area contributed by atoms with Crippen LogP contribution in [0.4, 0.5) is 17.6 Å². The summed E-state index contributed by atoms with van der Waals surface area (Å²) in [4.78, 5) is 14.3. The Balaban J connectivity index is 1.51. The lowest BCUT2D eigenvalue weighted by Crippen LogP contribution is -2.40. The first kappa shape index (κ1) is 21.8. The molecule has 2 N–H and O–H groups in total. The van der Waals surface area contributed by atoms with Crippen LogP contribution in [0.15, 0.2) is 36.4 Å². The minimum atomic E-state index is 0.523. The summed E-state index contributed by atoms with van der Waals surface area (Å²) >= 11 is 5.52. The number of hydrogen-bond donors (Lipinski definition) is 2. The number of nitrogens with zero attached hydrogens (tertiary/aromatic N) is 4. The van der Waals surface area contributed by atoms with Gasteiger partial charge in [-0.2, -0.15) is 9.97 Å². The third-order valence-corrected chi connectivity index (χ3v) is 5.99. The Labute approximate surface area is 190 Å². The minimum Gasteiger partial charge on any atom is -0.378 e. The summed E-state index contributed by atoms with van der Waals surface area (Å²) in [6.07, 6.45) is 1.26. The third kappa shape index (κ3) is 6.04. The molecular weight excluding hydrogens is 408 g/mol. The van der Waals surface area contributed by atoms with Crippen LogP contribution >= 0.6 is 12.2 Å². The van der Waals surface area contributed by atoms with Crippen LogP contribution in [0.25, 0.3) is 0 Å². The van der Waals surface area contributed by atoms with E-state index in [1.807, 2.05) is 18.2 Å². The Morgan fingerprint density at radius 2 is 1.68 bits per heavy atom. The number of benzene rings is 1. The molecule has 0 bridgehead atoms. The van der Waals surface area contributed by atoms with E-state index in [4.69, 9.17) is 26.9 Å². The molecule has 2 aliphatic rings. The van der Waals surface area contributed by atoms with E-state index < -0.39 is 0 Å². The third-order valence-electron chi connectivity index (χ3n) is 5.75. The smallest absolute Gasteiger partial charge is 0.232 e. The van der Waals surface area contributed by atoms with E-state index in [2.05, 4.69) is 52.5 Å². The SMILES string of the molecule is C[C@H]1C[C@H](C)CN(c2cc(N3CCOCC3)nc(NC(=S)NCc3ccccc3)n2)C1. The van der Waals surface area contributed by atoms with Gasteiger partial charge in [-0.05, 0) is 36.0 Å². The first-order valence-electron chi connectivity index (χ1n) is 11.1. The van der Waals surface area contributed by atoms with Crippen LogP contribution in [0.3, 0.4) is 0 Å². The lowest BCUT2D eigenvalue weighted by molar-refractivity contribution is 0.122. The summed E-state index contributed by atoms with van der Waals surface area (Å²) in [5.74, 6) is 3.72. The molecule has 2 aliphatic heterocycles. The molecule has 0 radical (unpaired) electrons. The Bertz CT molecular complexity index is 864. The maximum atomic E-state index is 5.52. The fraction of sp³-hybridized carbons (Fsp3) is 0.522. The van der Waals surface area contributed by atoms with Gasteiger partial charge in [0.1, 0.15) is 11.6 Å². The standard InChI is InChI=1S/C23H32N6OS/c1-17-12-18(2)16-29(15-17)21-13-20(28-8-10-30-11-9-28)25-22(26-21)27-23(31)24-14-19-6-4-3-5-7-19/h3-7,13,17-18H,8-12,14-16H2,1-2H3,(H2,24,25,26,27,31)/t17-,18-/m0/s1. The average Bonchev–Trinajstić information content (AvgIpc) is 2.78. The highest BCUT2D eigenvalue weighted by Gasteiger charge is 2.25. The maximum absolute atomic E-state index is 5.52. The van der Waals surface area contributed by atoms with Crippen molar-refractivity contribution in [3.63, 3.8) is 0 Å². The largest absolute Gasteiger partial charge is 0.378 e. The van der Waals surface area contributed by atoms with Gasteiger partial charge in [-0.25, -0.2) is 0 Å². The zero-order chi connectivity index (χ0) is 21.6. The molecule has 3 heterocycles. The number of ether oxygens (including phenoxy) is 1. The highest BCUT2D eigenvalue weighted by molar-refractivity contribution is 7.80. The summed E-state index contributed by atoms with van der Waals surface area (Å²) in [7, 11) is 0. The van der Waals surface area contributed by atoms with Crippen molar-refractivity contribution in [3.8, 4) is 0 Å². The van der Waals surface area contributed by atoms with Gasteiger partial charge in [0.05, 0.1) is 13.2 Å². The van der Waals surface area contributed by atoms with Crippen molar-refractivity contribution >= 4 is 34.9 Å². The van der Waals surface area contributed by atoms with Crippen LogP contribution in [0.5, 0.6) is 0 Å². The molecule has 2 aromatic rings. The molecule has 0 amide bonds. The molecule has 1 aromatic heterocycles. The summed E-state index contributed by atoms with van der Waals surface area (Å²) < 4.78 is 5.52. The zero-order valence-electron chi connectivity index (χ0n) is 18.4. The van der Waals surface area contributed by atoms with E-state index in [1.54, 1.807) is 0 Å². The summed E-state index contributed by atoms with van der Waals surface area (Å²) in [6.45, 7) is 10.4. The van der Waals surface area contributed by atoms with Crippen molar-refractivity contribution in [2.45, 2.75) is 26.8 Å². The molecule has 0 aliphatic carbocycles. The molecule has 2 fully saturated rings. The highest BCUT2D eigenvalue weighted by atomic mass is 32.1. The maximum Gasteiger partial charge on any atom is 0.232 e. The van der Waals surface area contributed by atoms with Crippen LogP contribution in [-0.4, -0.2) is 54.5 Å². The number of hydrogen-bond acceptors (Lipinski definition) is 6. The Morgan fingerprint density at radius 1 is 1.03 bits per heavy atom. The predicted octanol–water partition coefficient (Wildman–Crippen LogP) is 3.28. The second-order valence-electron chi connectivity index (χ2n) is 8.65. The Morgan fingerprint density at radius 3 is 2.35 bits per heavy atom. The molecule has 4 rings (SSSR count). The van der Waals surface area contributed by atoms with Crippen molar-refractivity contribution < 1.29 is 4.74 Å².